The Morgan fingerprint density at radius 2 is 1.71 bits per heavy atom. The SMILES string of the molecule is CCOC(=O)c1ccc(NC(=O)c2ccc(CN3C(=O)S/C(=C\c4cccs4)C3=O)cc2)cc1. The monoisotopic (exact) mass is 492 g/mol. The van der Waals surface area contributed by atoms with E-state index in [1.54, 1.807) is 61.5 Å². The molecule has 34 heavy (non-hydrogen) atoms. The van der Waals surface area contributed by atoms with Crippen LogP contribution in [0.15, 0.2) is 70.9 Å². The molecule has 7 nitrogen and oxygen atoms in total. The Morgan fingerprint density at radius 1 is 1.00 bits per heavy atom. The maximum Gasteiger partial charge on any atom is 0.338 e. The highest BCUT2D eigenvalue weighted by Gasteiger charge is 2.35. The van der Waals surface area contributed by atoms with Crippen molar-refractivity contribution in [3.05, 3.63) is 92.5 Å². The van der Waals surface area contributed by atoms with Gasteiger partial charge in [-0.1, -0.05) is 18.2 Å². The van der Waals surface area contributed by atoms with Crippen molar-refractivity contribution in [2.24, 2.45) is 0 Å². The number of amides is 3. The van der Waals surface area contributed by atoms with Crippen molar-refractivity contribution in [2.75, 3.05) is 11.9 Å². The largest absolute Gasteiger partial charge is 0.462 e. The number of ether oxygens (including phenoxy) is 1. The van der Waals surface area contributed by atoms with Crippen LogP contribution >= 0.6 is 23.1 Å². The van der Waals surface area contributed by atoms with Crippen LogP contribution in [0.3, 0.4) is 0 Å². The Bertz CT molecular complexity index is 1250. The van der Waals surface area contributed by atoms with E-state index in [9.17, 15) is 19.2 Å². The van der Waals surface area contributed by atoms with Gasteiger partial charge in [0.15, 0.2) is 0 Å². The highest BCUT2D eigenvalue weighted by Crippen LogP contribution is 2.34. The number of nitrogens with one attached hydrogen (secondary N) is 1. The lowest BCUT2D eigenvalue weighted by molar-refractivity contribution is -0.123. The average molecular weight is 493 g/mol. The molecule has 1 N–H and O–H groups in total. The number of nitrogens with zero attached hydrogens (tertiary/aromatic N) is 1. The summed E-state index contributed by atoms with van der Waals surface area (Å²) in [5.74, 6) is -1.06. The van der Waals surface area contributed by atoms with Crippen LogP contribution in [0.5, 0.6) is 0 Å². The first-order chi connectivity index (χ1) is 16.4. The van der Waals surface area contributed by atoms with E-state index in [0.717, 1.165) is 22.2 Å². The normalized spacial score (nSPS) is 14.5. The highest BCUT2D eigenvalue weighted by molar-refractivity contribution is 8.18. The Labute approximate surface area is 204 Å². The number of esters is 1. The van der Waals surface area contributed by atoms with Gasteiger partial charge >= 0.3 is 5.97 Å². The number of anilines is 1. The second kappa shape index (κ2) is 10.5. The standard InChI is InChI=1S/C25H20N2O5S2/c1-2-32-24(30)18-9-11-19(12-10-18)26-22(28)17-7-5-16(6-8-17)15-27-23(29)21(34-25(27)31)14-20-4-3-13-33-20/h3-14H,2,15H2,1H3,(H,26,28)/b21-14-. The fourth-order valence-corrected chi connectivity index (χ4v) is 4.75. The maximum absolute atomic E-state index is 12.7. The molecule has 3 aromatic rings. The molecular formula is C25H20N2O5S2. The number of carbonyl (C=O) groups is 4. The summed E-state index contributed by atoms with van der Waals surface area (Å²) >= 11 is 2.42. The summed E-state index contributed by atoms with van der Waals surface area (Å²) < 4.78 is 4.94. The predicted octanol–water partition coefficient (Wildman–Crippen LogP) is 5.41. The van der Waals surface area contributed by atoms with E-state index in [4.69, 9.17) is 4.74 Å². The summed E-state index contributed by atoms with van der Waals surface area (Å²) in [6.07, 6.45) is 1.72. The van der Waals surface area contributed by atoms with Crippen molar-refractivity contribution in [3.63, 3.8) is 0 Å². The van der Waals surface area contributed by atoms with Gasteiger partial charge in [-0.05, 0) is 78.2 Å². The molecule has 0 aliphatic carbocycles. The molecule has 9 heteroatoms. The van der Waals surface area contributed by atoms with E-state index >= 15 is 0 Å². The van der Waals surface area contributed by atoms with Crippen LogP contribution in [-0.4, -0.2) is 34.5 Å². The smallest absolute Gasteiger partial charge is 0.338 e. The van der Waals surface area contributed by atoms with Crippen molar-refractivity contribution in [2.45, 2.75) is 13.5 Å². The lowest BCUT2D eigenvalue weighted by Gasteiger charge is -2.13. The average Bonchev–Trinajstić information content (AvgIpc) is 3.44. The topological polar surface area (TPSA) is 92.8 Å². The predicted molar refractivity (Wildman–Crippen MR) is 133 cm³/mol. The van der Waals surface area contributed by atoms with Crippen LogP contribution in [0.1, 0.15) is 38.1 Å². The first kappa shape index (κ1) is 23.5. The minimum atomic E-state index is -0.418. The van der Waals surface area contributed by atoms with Crippen LogP contribution < -0.4 is 5.32 Å². The number of thiophene rings is 1. The lowest BCUT2D eigenvalue weighted by atomic mass is 10.1. The zero-order chi connectivity index (χ0) is 24.1. The third kappa shape index (κ3) is 5.44. The van der Waals surface area contributed by atoms with Gasteiger partial charge in [-0.25, -0.2) is 4.79 Å². The molecule has 1 aromatic heterocycles. The summed E-state index contributed by atoms with van der Waals surface area (Å²) in [6, 6.07) is 16.9. The molecule has 1 fully saturated rings. The molecule has 1 aliphatic heterocycles. The van der Waals surface area contributed by atoms with Crippen LogP contribution in [0.25, 0.3) is 6.08 Å². The molecule has 2 aromatic carbocycles. The van der Waals surface area contributed by atoms with E-state index < -0.39 is 5.97 Å². The van der Waals surface area contributed by atoms with Crippen LogP contribution in [0.2, 0.25) is 0 Å². The summed E-state index contributed by atoms with van der Waals surface area (Å²) in [7, 11) is 0. The Hall–Kier alpha value is -3.69. The number of hydrogen-bond acceptors (Lipinski definition) is 7. The molecular weight excluding hydrogens is 472 g/mol. The van der Waals surface area contributed by atoms with Crippen molar-refractivity contribution >= 4 is 57.9 Å². The van der Waals surface area contributed by atoms with E-state index in [0.29, 0.717) is 28.3 Å². The summed E-state index contributed by atoms with van der Waals surface area (Å²) in [5.41, 5.74) is 2.10. The lowest BCUT2D eigenvalue weighted by Crippen LogP contribution is -2.27. The number of benzene rings is 2. The molecule has 0 atom stereocenters. The number of imide groups is 1. The molecule has 0 radical (unpaired) electrons. The van der Waals surface area contributed by atoms with Gasteiger partial charge in [-0.15, -0.1) is 11.3 Å². The number of hydrogen-bond donors (Lipinski definition) is 1. The molecule has 1 aliphatic rings. The number of thioether (sulfide) groups is 1. The first-order valence-corrected chi connectivity index (χ1v) is 12.1. The van der Waals surface area contributed by atoms with Crippen LogP contribution in [-0.2, 0) is 16.1 Å². The van der Waals surface area contributed by atoms with Crippen molar-refractivity contribution < 1.29 is 23.9 Å². The number of carbonyl (C=O) groups excluding carboxylic acids is 4. The molecule has 1 saturated heterocycles. The maximum atomic E-state index is 12.7. The third-order valence-corrected chi connectivity index (χ3v) is 6.63. The highest BCUT2D eigenvalue weighted by atomic mass is 32.2. The Kier molecular flexibility index (Phi) is 7.24. The Morgan fingerprint density at radius 3 is 2.35 bits per heavy atom. The van der Waals surface area contributed by atoms with Gasteiger partial charge in [0.1, 0.15) is 0 Å². The molecule has 172 valence electrons. The van der Waals surface area contributed by atoms with Gasteiger partial charge in [0.25, 0.3) is 17.1 Å². The van der Waals surface area contributed by atoms with Gasteiger partial charge in [0.2, 0.25) is 0 Å². The Balaban J connectivity index is 1.37. The minimum Gasteiger partial charge on any atom is -0.462 e. The second-order valence-corrected chi connectivity index (χ2v) is 9.20. The van der Waals surface area contributed by atoms with E-state index in [2.05, 4.69) is 5.32 Å². The quantitative estimate of drug-likeness (QED) is 0.350. The van der Waals surface area contributed by atoms with Gasteiger partial charge in [0.05, 0.1) is 23.6 Å². The van der Waals surface area contributed by atoms with E-state index in [1.165, 1.54) is 16.2 Å². The van der Waals surface area contributed by atoms with E-state index in [-0.39, 0.29) is 23.6 Å². The zero-order valence-corrected chi connectivity index (χ0v) is 19.8. The molecule has 2 heterocycles. The van der Waals surface area contributed by atoms with Crippen molar-refractivity contribution in [3.8, 4) is 0 Å². The van der Waals surface area contributed by atoms with Crippen LogP contribution in [0, 0.1) is 0 Å². The van der Waals surface area contributed by atoms with Crippen molar-refractivity contribution in [1.82, 2.24) is 4.90 Å². The number of rotatable bonds is 7. The third-order valence-electron chi connectivity index (χ3n) is 4.90. The minimum absolute atomic E-state index is 0.129. The summed E-state index contributed by atoms with van der Waals surface area (Å²) in [4.78, 5) is 51.8. The fourth-order valence-electron chi connectivity index (χ4n) is 3.19. The molecule has 3 amide bonds. The van der Waals surface area contributed by atoms with Crippen molar-refractivity contribution in [1.29, 1.82) is 0 Å². The molecule has 4 rings (SSSR count). The molecule has 0 bridgehead atoms. The first-order valence-electron chi connectivity index (χ1n) is 10.4. The molecule has 0 unspecified atom stereocenters. The molecule has 0 saturated carbocycles. The van der Waals surface area contributed by atoms with Gasteiger partial charge in [-0.2, -0.15) is 0 Å². The van der Waals surface area contributed by atoms with Gasteiger partial charge in [-0.3, -0.25) is 19.3 Å². The summed E-state index contributed by atoms with van der Waals surface area (Å²) in [6.45, 7) is 2.15. The zero-order valence-electron chi connectivity index (χ0n) is 18.1. The summed E-state index contributed by atoms with van der Waals surface area (Å²) in [5, 5.41) is 4.36. The van der Waals surface area contributed by atoms with Gasteiger partial charge in [0, 0.05) is 16.1 Å². The van der Waals surface area contributed by atoms with Crippen LogP contribution in [0.4, 0.5) is 10.5 Å². The molecule has 0 spiro atoms. The van der Waals surface area contributed by atoms with E-state index in [1.807, 2.05) is 17.5 Å². The second-order valence-electron chi connectivity index (χ2n) is 7.23. The van der Waals surface area contributed by atoms with Gasteiger partial charge < -0.3 is 10.1 Å². The fraction of sp³-hybridized carbons (Fsp3) is 0.120.